The van der Waals surface area contributed by atoms with Crippen LogP contribution in [0.1, 0.15) is 35.7 Å². The van der Waals surface area contributed by atoms with E-state index in [2.05, 4.69) is 60.3 Å². The third kappa shape index (κ3) is 2.38. The minimum atomic E-state index is 0.575. The van der Waals surface area contributed by atoms with Crippen molar-refractivity contribution in [3.05, 3.63) is 41.2 Å². The summed E-state index contributed by atoms with van der Waals surface area (Å²) in [6.45, 7) is 6.46. The average Bonchev–Trinajstić information content (AvgIpc) is 2.75. The third-order valence-corrected chi connectivity index (χ3v) is 4.29. The highest BCUT2D eigenvalue weighted by Crippen LogP contribution is 2.34. The van der Waals surface area contributed by atoms with Crippen LogP contribution < -0.4 is 5.32 Å². The lowest BCUT2D eigenvalue weighted by Gasteiger charge is -2.24. The molecule has 1 fully saturated rings. The summed E-state index contributed by atoms with van der Waals surface area (Å²) in [6, 6.07) is 8.81. The Morgan fingerprint density at radius 1 is 1.20 bits per heavy atom. The molecule has 0 bridgehead atoms. The Labute approximate surface area is 121 Å². The molecule has 1 N–H and O–H groups in total. The Morgan fingerprint density at radius 3 is 2.60 bits per heavy atom. The fourth-order valence-corrected chi connectivity index (χ4v) is 3.31. The van der Waals surface area contributed by atoms with E-state index in [4.69, 9.17) is 0 Å². The van der Waals surface area contributed by atoms with Gasteiger partial charge in [0.2, 0.25) is 0 Å². The number of hydrogen-bond donors (Lipinski definition) is 1. The number of nitrogens with one attached hydrogen (secondary N) is 1. The van der Waals surface area contributed by atoms with Gasteiger partial charge in [0, 0.05) is 25.1 Å². The summed E-state index contributed by atoms with van der Waals surface area (Å²) >= 11 is 0. The summed E-state index contributed by atoms with van der Waals surface area (Å²) in [4.78, 5) is 0. The first-order valence-corrected chi connectivity index (χ1v) is 7.48. The number of benzene rings is 1. The summed E-state index contributed by atoms with van der Waals surface area (Å²) in [6.07, 6.45) is 2.51. The van der Waals surface area contributed by atoms with Crippen LogP contribution in [0.25, 0.3) is 11.1 Å². The molecule has 3 rings (SSSR count). The monoisotopic (exact) mass is 269 g/mol. The van der Waals surface area contributed by atoms with E-state index < -0.39 is 0 Å². The SMILES string of the molecule is Cc1ccc(-c2c(C)nn(C)c2C2CCCNC2)cc1. The minimum absolute atomic E-state index is 0.575. The predicted octanol–water partition coefficient (Wildman–Crippen LogP) is 3.17. The van der Waals surface area contributed by atoms with Crippen molar-refractivity contribution >= 4 is 0 Å². The fraction of sp³-hybridized carbons (Fsp3) is 0.471. The van der Waals surface area contributed by atoms with Gasteiger partial charge in [-0.25, -0.2) is 0 Å². The molecule has 1 aromatic heterocycles. The lowest BCUT2D eigenvalue weighted by Crippen LogP contribution is -2.29. The van der Waals surface area contributed by atoms with E-state index in [1.807, 2.05) is 0 Å². The second-order valence-corrected chi connectivity index (χ2v) is 5.88. The van der Waals surface area contributed by atoms with Crippen LogP contribution >= 0.6 is 0 Å². The Hall–Kier alpha value is -1.61. The first kappa shape index (κ1) is 13.4. The van der Waals surface area contributed by atoms with Crippen LogP contribution in [-0.4, -0.2) is 22.9 Å². The largest absolute Gasteiger partial charge is 0.316 e. The van der Waals surface area contributed by atoms with E-state index in [-0.39, 0.29) is 0 Å². The summed E-state index contributed by atoms with van der Waals surface area (Å²) in [5, 5.41) is 8.19. The number of aromatic nitrogens is 2. The average molecular weight is 269 g/mol. The van der Waals surface area contributed by atoms with Crippen LogP contribution in [0.3, 0.4) is 0 Å². The van der Waals surface area contributed by atoms with Crippen molar-refractivity contribution in [3.63, 3.8) is 0 Å². The van der Waals surface area contributed by atoms with Gasteiger partial charge >= 0.3 is 0 Å². The highest BCUT2D eigenvalue weighted by molar-refractivity contribution is 5.69. The molecule has 1 saturated heterocycles. The molecule has 3 heteroatoms. The molecule has 0 saturated carbocycles. The molecule has 1 aliphatic heterocycles. The van der Waals surface area contributed by atoms with E-state index in [0.717, 1.165) is 18.8 Å². The number of piperidine rings is 1. The summed E-state index contributed by atoms with van der Waals surface area (Å²) < 4.78 is 2.09. The molecule has 1 aromatic carbocycles. The van der Waals surface area contributed by atoms with Gasteiger partial charge in [0.1, 0.15) is 0 Å². The zero-order valence-corrected chi connectivity index (χ0v) is 12.6. The van der Waals surface area contributed by atoms with Gasteiger partial charge in [0.15, 0.2) is 0 Å². The number of hydrogen-bond acceptors (Lipinski definition) is 2. The molecular weight excluding hydrogens is 246 g/mol. The van der Waals surface area contributed by atoms with Crippen molar-refractivity contribution in [3.8, 4) is 11.1 Å². The lowest BCUT2D eigenvalue weighted by atomic mass is 9.90. The van der Waals surface area contributed by atoms with Gasteiger partial charge in [-0.2, -0.15) is 5.10 Å². The van der Waals surface area contributed by atoms with E-state index in [1.54, 1.807) is 0 Å². The molecule has 2 aromatic rings. The maximum Gasteiger partial charge on any atom is 0.0675 e. The van der Waals surface area contributed by atoms with Gasteiger partial charge in [-0.05, 0) is 38.8 Å². The summed E-state index contributed by atoms with van der Waals surface area (Å²) in [7, 11) is 2.08. The molecule has 0 spiro atoms. The van der Waals surface area contributed by atoms with Crippen LogP contribution in [0.2, 0.25) is 0 Å². The van der Waals surface area contributed by atoms with Gasteiger partial charge in [0.25, 0.3) is 0 Å². The first-order chi connectivity index (χ1) is 9.66. The van der Waals surface area contributed by atoms with Crippen molar-refractivity contribution in [1.82, 2.24) is 15.1 Å². The highest BCUT2D eigenvalue weighted by Gasteiger charge is 2.24. The zero-order chi connectivity index (χ0) is 14.1. The van der Waals surface area contributed by atoms with Crippen LogP contribution in [0.15, 0.2) is 24.3 Å². The van der Waals surface area contributed by atoms with E-state index >= 15 is 0 Å². The topological polar surface area (TPSA) is 29.9 Å². The van der Waals surface area contributed by atoms with E-state index in [1.165, 1.54) is 35.2 Å². The Balaban J connectivity index is 2.07. The van der Waals surface area contributed by atoms with Gasteiger partial charge in [-0.1, -0.05) is 29.8 Å². The maximum absolute atomic E-state index is 4.67. The molecule has 106 valence electrons. The maximum atomic E-state index is 4.67. The molecule has 0 radical (unpaired) electrons. The Bertz CT molecular complexity index is 589. The number of rotatable bonds is 2. The zero-order valence-electron chi connectivity index (χ0n) is 12.6. The smallest absolute Gasteiger partial charge is 0.0675 e. The molecule has 0 aliphatic carbocycles. The second kappa shape index (κ2) is 5.41. The summed E-state index contributed by atoms with van der Waals surface area (Å²) in [5.41, 5.74) is 6.45. The molecule has 1 atom stereocenters. The van der Waals surface area contributed by atoms with Crippen LogP contribution in [-0.2, 0) is 7.05 Å². The van der Waals surface area contributed by atoms with Gasteiger partial charge in [-0.3, -0.25) is 4.68 Å². The van der Waals surface area contributed by atoms with Gasteiger partial charge in [-0.15, -0.1) is 0 Å². The van der Waals surface area contributed by atoms with Crippen molar-refractivity contribution in [2.24, 2.45) is 7.05 Å². The number of aryl methyl sites for hydroxylation is 3. The Morgan fingerprint density at radius 2 is 1.95 bits per heavy atom. The van der Waals surface area contributed by atoms with E-state index in [9.17, 15) is 0 Å². The first-order valence-electron chi connectivity index (χ1n) is 7.48. The lowest BCUT2D eigenvalue weighted by molar-refractivity contribution is 0.442. The van der Waals surface area contributed by atoms with Crippen molar-refractivity contribution in [1.29, 1.82) is 0 Å². The predicted molar refractivity (Wildman–Crippen MR) is 83.0 cm³/mol. The molecule has 0 amide bonds. The normalized spacial score (nSPS) is 19.2. The van der Waals surface area contributed by atoms with Gasteiger partial charge < -0.3 is 5.32 Å². The van der Waals surface area contributed by atoms with Crippen molar-refractivity contribution < 1.29 is 0 Å². The minimum Gasteiger partial charge on any atom is -0.316 e. The molecule has 3 nitrogen and oxygen atoms in total. The fourth-order valence-electron chi connectivity index (χ4n) is 3.31. The van der Waals surface area contributed by atoms with Gasteiger partial charge in [0.05, 0.1) is 11.4 Å². The molecule has 1 aliphatic rings. The number of nitrogens with zero attached hydrogens (tertiary/aromatic N) is 2. The Kier molecular flexibility index (Phi) is 3.62. The van der Waals surface area contributed by atoms with Crippen LogP contribution in [0.4, 0.5) is 0 Å². The molecule has 1 unspecified atom stereocenters. The second-order valence-electron chi connectivity index (χ2n) is 5.88. The van der Waals surface area contributed by atoms with Crippen LogP contribution in [0, 0.1) is 13.8 Å². The summed E-state index contributed by atoms with van der Waals surface area (Å²) in [5.74, 6) is 0.575. The van der Waals surface area contributed by atoms with E-state index in [0.29, 0.717) is 5.92 Å². The van der Waals surface area contributed by atoms with Crippen molar-refractivity contribution in [2.45, 2.75) is 32.6 Å². The molecular formula is C17H23N3. The third-order valence-electron chi connectivity index (χ3n) is 4.29. The van der Waals surface area contributed by atoms with Crippen LogP contribution in [0.5, 0.6) is 0 Å². The molecule has 2 heterocycles. The quantitative estimate of drug-likeness (QED) is 0.907. The molecule has 20 heavy (non-hydrogen) atoms. The standard InChI is InChI=1S/C17H23N3/c1-12-6-8-14(9-7-12)16-13(2)19-20(3)17(16)15-5-4-10-18-11-15/h6-9,15,18H,4-5,10-11H2,1-3H3. The highest BCUT2D eigenvalue weighted by atomic mass is 15.3. The van der Waals surface area contributed by atoms with Crippen molar-refractivity contribution in [2.75, 3.05) is 13.1 Å².